The lowest BCUT2D eigenvalue weighted by molar-refractivity contribution is -0.133. The predicted octanol–water partition coefficient (Wildman–Crippen LogP) is 0.665. The van der Waals surface area contributed by atoms with Gasteiger partial charge in [0, 0.05) is 25.1 Å². The Bertz CT molecular complexity index is 473. The fraction of sp³-hybridized carbons (Fsp3) is 0.429. The van der Waals surface area contributed by atoms with E-state index in [1.165, 1.54) is 0 Å². The summed E-state index contributed by atoms with van der Waals surface area (Å²) in [6.07, 6.45) is 1.45. The average Bonchev–Trinajstić information content (AvgIpc) is 2.44. The number of rotatable bonds is 6. The minimum absolute atomic E-state index is 0.106. The fourth-order valence-corrected chi connectivity index (χ4v) is 1.93. The number of carbonyl (C=O) groups excluding carboxylic acids is 2. The molecule has 1 atom stereocenters. The molecule has 0 saturated carbocycles. The molecule has 108 valence electrons. The summed E-state index contributed by atoms with van der Waals surface area (Å²) in [4.78, 5) is 22.7. The maximum Gasteiger partial charge on any atom is 0.249 e. The largest absolute Gasteiger partial charge is 0.494 e. The van der Waals surface area contributed by atoms with E-state index < -0.39 is 0 Å². The first kappa shape index (κ1) is 14.3. The monoisotopic (exact) mass is 278 g/mol. The van der Waals surface area contributed by atoms with E-state index in [0.29, 0.717) is 31.6 Å². The standard InChI is InChI=1S/C14H18N2O4/c17-8-1-9-20-11-4-2-10(3-5-11)15-12-6-7-13(18)16-14(12)19/h2-5,12,15,17H,1,6-9H2,(H,16,18,19). The zero-order valence-electron chi connectivity index (χ0n) is 11.1. The molecule has 1 heterocycles. The summed E-state index contributed by atoms with van der Waals surface area (Å²) in [6.45, 7) is 0.575. The van der Waals surface area contributed by atoms with Crippen molar-refractivity contribution in [1.82, 2.24) is 5.32 Å². The fourth-order valence-electron chi connectivity index (χ4n) is 1.93. The van der Waals surface area contributed by atoms with Gasteiger partial charge in [0.15, 0.2) is 0 Å². The molecule has 0 bridgehead atoms. The van der Waals surface area contributed by atoms with Gasteiger partial charge in [-0.2, -0.15) is 0 Å². The van der Waals surface area contributed by atoms with Crippen LogP contribution in [0.15, 0.2) is 24.3 Å². The van der Waals surface area contributed by atoms with Crippen molar-refractivity contribution in [1.29, 1.82) is 0 Å². The zero-order valence-corrected chi connectivity index (χ0v) is 11.1. The summed E-state index contributed by atoms with van der Waals surface area (Å²) in [5, 5.41) is 14.1. The summed E-state index contributed by atoms with van der Waals surface area (Å²) in [6, 6.07) is 6.85. The van der Waals surface area contributed by atoms with Crippen LogP contribution in [0, 0.1) is 0 Å². The van der Waals surface area contributed by atoms with Crippen LogP contribution in [-0.2, 0) is 9.59 Å². The van der Waals surface area contributed by atoms with Crippen molar-refractivity contribution in [3.63, 3.8) is 0 Å². The van der Waals surface area contributed by atoms with Crippen LogP contribution >= 0.6 is 0 Å². The number of imide groups is 1. The second-order valence-electron chi connectivity index (χ2n) is 4.60. The second kappa shape index (κ2) is 6.91. The third-order valence-electron chi connectivity index (χ3n) is 3.01. The van der Waals surface area contributed by atoms with Crippen molar-refractivity contribution >= 4 is 17.5 Å². The highest BCUT2D eigenvalue weighted by molar-refractivity contribution is 6.01. The number of hydrogen-bond donors (Lipinski definition) is 3. The first-order chi connectivity index (χ1) is 9.69. The number of piperidine rings is 1. The van der Waals surface area contributed by atoms with Crippen molar-refractivity contribution in [2.45, 2.75) is 25.3 Å². The summed E-state index contributed by atoms with van der Waals surface area (Å²) < 4.78 is 5.41. The number of aliphatic hydroxyl groups is 1. The highest BCUT2D eigenvalue weighted by Crippen LogP contribution is 2.18. The number of anilines is 1. The molecule has 1 aliphatic heterocycles. The number of ether oxygens (including phenoxy) is 1. The zero-order chi connectivity index (χ0) is 14.4. The van der Waals surface area contributed by atoms with Crippen molar-refractivity contribution < 1.29 is 19.4 Å². The van der Waals surface area contributed by atoms with E-state index >= 15 is 0 Å². The van der Waals surface area contributed by atoms with E-state index in [4.69, 9.17) is 9.84 Å². The van der Waals surface area contributed by atoms with Crippen LogP contribution < -0.4 is 15.4 Å². The molecule has 0 spiro atoms. The Morgan fingerprint density at radius 3 is 2.70 bits per heavy atom. The minimum Gasteiger partial charge on any atom is -0.494 e. The lowest BCUT2D eigenvalue weighted by Crippen LogP contribution is -2.47. The number of carbonyl (C=O) groups is 2. The van der Waals surface area contributed by atoms with Gasteiger partial charge in [-0.3, -0.25) is 14.9 Å². The van der Waals surface area contributed by atoms with Crippen LogP contribution in [0.25, 0.3) is 0 Å². The van der Waals surface area contributed by atoms with Crippen LogP contribution in [0.3, 0.4) is 0 Å². The van der Waals surface area contributed by atoms with E-state index in [9.17, 15) is 9.59 Å². The van der Waals surface area contributed by atoms with Gasteiger partial charge >= 0.3 is 0 Å². The van der Waals surface area contributed by atoms with E-state index in [1.807, 2.05) is 12.1 Å². The number of benzene rings is 1. The van der Waals surface area contributed by atoms with Gasteiger partial charge in [0.05, 0.1) is 6.61 Å². The molecule has 0 aromatic heterocycles. The Kier molecular flexibility index (Phi) is 4.95. The predicted molar refractivity (Wildman–Crippen MR) is 73.4 cm³/mol. The van der Waals surface area contributed by atoms with Gasteiger partial charge in [0.25, 0.3) is 0 Å². The quantitative estimate of drug-likeness (QED) is 0.526. The van der Waals surface area contributed by atoms with Gasteiger partial charge in [0.2, 0.25) is 11.8 Å². The molecule has 6 heteroatoms. The number of hydrogen-bond acceptors (Lipinski definition) is 5. The van der Waals surface area contributed by atoms with Gasteiger partial charge in [-0.1, -0.05) is 0 Å². The van der Waals surface area contributed by atoms with E-state index in [0.717, 1.165) is 5.69 Å². The highest BCUT2D eigenvalue weighted by atomic mass is 16.5. The molecular weight excluding hydrogens is 260 g/mol. The Morgan fingerprint density at radius 1 is 1.30 bits per heavy atom. The van der Waals surface area contributed by atoms with Gasteiger partial charge in [-0.25, -0.2) is 0 Å². The maximum absolute atomic E-state index is 11.6. The number of nitrogens with one attached hydrogen (secondary N) is 2. The number of aliphatic hydroxyl groups excluding tert-OH is 1. The van der Waals surface area contributed by atoms with Gasteiger partial charge in [-0.05, 0) is 30.7 Å². The van der Waals surface area contributed by atoms with Gasteiger partial charge in [-0.15, -0.1) is 0 Å². The number of amides is 2. The molecule has 1 aromatic carbocycles. The van der Waals surface area contributed by atoms with Crippen molar-refractivity contribution in [2.24, 2.45) is 0 Å². The van der Waals surface area contributed by atoms with Crippen LogP contribution in [0.5, 0.6) is 5.75 Å². The van der Waals surface area contributed by atoms with E-state index in [-0.39, 0.29) is 24.5 Å². The molecule has 1 unspecified atom stereocenters. The molecule has 3 N–H and O–H groups in total. The molecule has 1 aliphatic rings. The second-order valence-corrected chi connectivity index (χ2v) is 4.60. The van der Waals surface area contributed by atoms with Gasteiger partial charge < -0.3 is 15.2 Å². The minimum atomic E-state index is -0.381. The third kappa shape index (κ3) is 3.96. The van der Waals surface area contributed by atoms with Crippen LogP contribution in [-0.4, -0.2) is 36.2 Å². The topological polar surface area (TPSA) is 87.7 Å². The Hall–Kier alpha value is -2.08. The average molecular weight is 278 g/mol. The normalized spacial score (nSPS) is 18.6. The van der Waals surface area contributed by atoms with Crippen LogP contribution in [0.1, 0.15) is 19.3 Å². The molecule has 0 radical (unpaired) electrons. The Labute approximate surface area is 117 Å². The Morgan fingerprint density at radius 2 is 2.05 bits per heavy atom. The molecule has 2 amide bonds. The van der Waals surface area contributed by atoms with Crippen molar-refractivity contribution in [3.8, 4) is 5.75 Å². The van der Waals surface area contributed by atoms with Crippen molar-refractivity contribution in [2.75, 3.05) is 18.5 Å². The van der Waals surface area contributed by atoms with Gasteiger partial charge in [0.1, 0.15) is 11.8 Å². The molecule has 20 heavy (non-hydrogen) atoms. The summed E-state index contributed by atoms with van der Waals surface area (Å²) >= 11 is 0. The SMILES string of the molecule is O=C1CCC(Nc2ccc(OCCCO)cc2)C(=O)N1. The first-order valence-electron chi connectivity index (χ1n) is 6.63. The molecule has 2 rings (SSSR count). The molecular formula is C14H18N2O4. The smallest absolute Gasteiger partial charge is 0.249 e. The summed E-state index contributed by atoms with van der Waals surface area (Å²) in [5.41, 5.74) is 0.800. The van der Waals surface area contributed by atoms with E-state index in [1.54, 1.807) is 12.1 Å². The maximum atomic E-state index is 11.6. The van der Waals surface area contributed by atoms with E-state index in [2.05, 4.69) is 10.6 Å². The molecule has 0 aliphatic carbocycles. The van der Waals surface area contributed by atoms with Crippen LogP contribution in [0.4, 0.5) is 5.69 Å². The molecule has 1 fully saturated rings. The first-order valence-corrected chi connectivity index (χ1v) is 6.63. The lowest BCUT2D eigenvalue weighted by atomic mass is 10.1. The molecule has 1 aromatic rings. The third-order valence-corrected chi connectivity index (χ3v) is 3.01. The lowest BCUT2D eigenvalue weighted by Gasteiger charge is -2.22. The Balaban J connectivity index is 1.87. The highest BCUT2D eigenvalue weighted by Gasteiger charge is 2.26. The summed E-state index contributed by atoms with van der Waals surface area (Å²) in [7, 11) is 0. The molecule has 1 saturated heterocycles. The van der Waals surface area contributed by atoms with Crippen molar-refractivity contribution in [3.05, 3.63) is 24.3 Å². The molecule has 6 nitrogen and oxygen atoms in total. The van der Waals surface area contributed by atoms with Crippen LogP contribution in [0.2, 0.25) is 0 Å². The summed E-state index contributed by atoms with van der Waals surface area (Å²) in [5.74, 6) is 0.206.